The number of halogens is 1. The van der Waals surface area contributed by atoms with Crippen molar-refractivity contribution in [1.29, 1.82) is 0 Å². The van der Waals surface area contributed by atoms with Gasteiger partial charge in [0.2, 0.25) is 0 Å². The highest BCUT2D eigenvalue weighted by Gasteiger charge is 2.25. The summed E-state index contributed by atoms with van der Waals surface area (Å²) in [6, 6.07) is 5.65. The Labute approximate surface area is 91.6 Å². The number of ether oxygens (including phenoxy) is 1. The Morgan fingerprint density at radius 1 is 1.38 bits per heavy atom. The van der Waals surface area contributed by atoms with Crippen LogP contribution in [0.25, 0.3) is 0 Å². The van der Waals surface area contributed by atoms with Crippen LogP contribution in [0.1, 0.15) is 6.42 Å². The standard InChI is InChI=1S/C11H10FNO3/c12-9-3-1-2-4-10(9)16-11(15)13-6-5-8(14)7-13/h1-4H,5-7H2. The molecule has 2 rings (SSSR count). The average molecular weight is 223 g/mol. The summed E-state index contributed by atoms with van der Waals surface area (Å²) in [6.45, 7) is 0.388. The van der Waals surface area contributed by atoms with Crippen LogP contribution in [0.2, 0.25) is 0 Å². The van der Waals surface area contributed by atoms with Crippen LogP contribution < -0.4 is 4.74 Å². The molecule has 0 N–H and O–H groups in total. The van der Waals surface area contributed by atoms with E-state index in [2.05, 4.69) is 0 Å². The smallest absolute Gasteiger partial charge is 0.407 e. The van der Waals surface area contributed by atoms with Crippen molar-refractivity contribution in [3.05, 3.63) is 30.1 Å². The number of para-hydroxylation sites is 1. The van der Waals surface area contributed by atoms with E-state index in [1.165, 1.54) is 23.1 Å². The number of nitrogens with zero attached hydrogens (tertiary/aromatic N) is 1. The summed E-state index contributed by atoms with van der Waals surface area (Å²) in [7, 11) is 0. The quantitative estimate of drug-likeness (QED) is 0.726. The lowest BCUT2D eigenvalue weighted by Crippen LogP contribution is -2.31. The van der Waals surface area contributed by atoms with E-state index in [0.717, 1.165) is 0 Å². The van der Waals surface area contributed by atoms with Crippen molar-refractivity contribution in [1.82, 2.24) is 4.90 Å². The van der Waals surface area contributed by atoms with Crippen LogP contribution in [-0.2, 0) is 4.79 Å². The maximum atomic E-state index is 13.2. The number of carbonyl (C=O) groups is 2. The molecule has 5 heteroatoms. The number of amides is 1. The number of carbonyl (C=O) groups excluding carboxylic acids is 2. The largest absolute Gasteiger partial charge is 0.415 e. The van der Waals surface area contributed by atoms with Gasteiger partial charge in [-0.1, -0.05) is 12.1 Å². The Hall–Kier alpha value is -1.91. The molecule has 0 unspecified atom stereocenters. The topological polar surface area (TPSA) is 46.6 Å². The van der Waals surface area contributed by atoms with Crippen LogP contribution in [0.15, 0.2) is 24.3 Å². The van der Waals surface area contributed by atoms with Gasteiger partial charge in [-0.05, 0) is 12.1 Å². The van der Waals surface area contributed by atoms with Gasteiger partial charge in [-0.3, -0.25) is 4.79 Å². The molecule has 1 aromatic carbocycles. The molecule has 0 radical (unpaired) electrons. The summed E-state index contributed by atoms with van der Waals surface area (Å²) in [5.41, 5.74) is 0. The second-order valence-corrected chi connectivity index (χ2v) is 3.51. The van der Waals surface area contributed by atoms with Gasteiger partial charge in [0.05, 0.1) is 6.54 Å². The zero-order valence-corrected chi connectivity index (χ0v) is 8.48. The first kappa shape index (κ1) is 10.6. The molecule has 1 amide bonds. The summed E-state index contributed by atoms with van der Waals surface area (Å²) in [5.74, 6) is -0.723. The monoisotopic (exact) mass is 223 g/mol. The number of likely N-dealkylation sites (tertiary alicyclic amines) is 1. The molecule has 1 aromatic rings. The number of rotatable bonds is 1. The zero-order chi connectivity index (χ0) is 11.5. The normalized spacial score (nSPS) is 15.3. The van der Waals surface area contributed by atoms with E-state index in [9.17, 15) is 14.0 Å². The molecule has 1 saturated heterocycles. The summed E-state index contributed by atoms with van der Waals surface area (Å²) in [5, 5.41) is 0. The molecule has 84 valence electrons. The van der Waals surface area contributed by atoms with E-state index >= 15 is 0 Å². The van der Waals surface area contributed by atoms with Gasteiger partial charge in [0.15, 0.2) is 17.3 Å². The summed E-state index contributed by atoms with van der Waals surface area (Å²) in [6.07, 6.45) is -0.345. The third kappa shape index (κ3) is 2.18. The molecule has 0 aliphatic carbocycles. The summed E-state index contributed by atoms with van der Waals surface area (Å²) >= 11 is 0. The van der Waals surface area contributed by atoms with E-state index in [1.54, 1.807) is 6.07 Å². The third-order valence-corrected chi connectivity index (χ3v) is 2.32. The highest BCUT2D eigenvalue weighted by Crippen LogP contribution is 2.17. The van der Waals surface area contributed by atoms with Crippen molar-refractivity contribution in [3.63, 3.8) is 0 Å². The molecule has 16 heavy (non-hydrogen) atoms. The zero-order valence-electron chi connectivity index (χ0n) is 8.48. The Morgan fingerprint density at radius 3 is 2.75 bits per heavy atom. The second kappa shape index (κ2) is 4.30. The summed E-state index contributed by atoms with van der Waals surface area (Å²) in [4.78, 5) is 23.7. The Balaban J connectivity index is 2.03. The maximum absolute atomic E-state index is 13.2. The van der Waals surface area contributed by atoms with Crippen molar-refractivity contribution in [2.24, 2.45) is 0 Å². The van der Waals surface area contributed by atoms with E-state index < -0.39 is 11.9 Å². The van der Waals surface area contributed by atoms with Crippen molar-refractivity contribution in [3.8, 4) is 5.75 Å². The summed E-state index contributed by atoms with van der Waals surface area (Å²) < 4.78 is 18.0. The Morgan fingerprint density at radius 2 is 2.12 bits per heavy atom. The predicted molar refractivity (Wildman–Crippen MR) is 53.6 cm³/mol. The van der Waals surface area contributed by atoms with Crippen molar-refractivity contribution in [2.45, 2.75) is 6.42 Å². The van der Waals surface area contributed by atoms with Gasteiger partial charge in [-0.2, -0.15) is 0 Å². The van der Waals surface area contributed by atoms with E-state index in [0.29, 0.717) is 13.0 Å². The van der Waals surface area contributed by atoms with Gasteiger partial charge < -0.3 is 9.64 Å². The first-order valence-electron chi connectivity index (χ1n) is 4.90. The molecular formula is C11H10FNO3. The van der Waals surface area contributed by atoms with Crippen molar-refractivity contribution >= 4 is 11.9 Å². The fraction of sp³-hybridized carbons (Fsp3) is 0.273. The van der Waals surface area contributed by atoms with Gasteiger partial charge >= 0.3 is 6.09 Å². The molecule has 0 atom stereocenters. The lowest BCUT2D eigenvalue weighted by atomic mass is 10.3. The number of benzene rings is 1. The number of hydrogen-bond acceptors (Lipinski definition) is 3. The van der Waals surface area contributed by atoms with E-state index in [1.807, 2.05) is 0 Å². The van der Waals surface area contributed by atoms with Crippen LogP contribution >= 0.6 is 0 Å². The third-order valence-electron chi connectivity index (χ3n) is 2.32. The lowest BCUT2D eigenvalue weighted by molar-refractivity contribution is -0.116. The SMILES string of the molecule is O=C1CCN(C(=O)Oc2ccccc2F)C1. The van der Waals surface area contributed by atoms with Crippen LogP contribution in [0.5, 0.6) is 5.75 Å². The molecule has 0 bridgehead atoms. The minimum Gasteiger partial charge on any atom is -0.407 e. The number of ketones is 1. The van der Waals surface area contributed by atoms with Crippen LogP contribution in [-0.4, -0.2) is 29.9 Å². The maximum Gasteiger partial charge on any atom is 0.415 e. The molecule has 0 aromatic heterocycles. The first-order chi connectivity index (χ1) is 7.66. The van der Waals surface area contributed by atoms with Crippen LogP contribution in [0.3, 0.4) is 0 Å². The highest BCUT2D eigenvalue weighted by molar-refractivity contribution is 5.87. The molecule has 1 fully saturated rings. The van der Waals surface area contributed by atoms with Gasteiger partial charge in [0.25, 0.3) is 0 Å². The molecule has 0 saturated carbocycles. The molecule has 0 spiro atoms. The molecule has 1 aliphatic rings. The fourth-order valence-electron chi connectivity index (χ4n) is 1.47. The Bertz CT molecular complexity index is 433. The van der Waals surface area contributed by atoms with Gasteiger partial charge in [-0.25, -0.2) is 9.18 Å². The van der Waals surface area contributed by atoms with Crippen molar-refractivity contribution in [2.75, 3.05) is 13.1 Å². The van der Waals surface area contributed by atoms with Gasteiger partial charge in [0, 0.05) is 13.0 Å². The minimum atomic E-state index is -0.684. The molecular weight excluding hydrogens is 213 g/mol. The fourth-order valence-corrected chi connectivity index (χ4v) is 1.47. The highest BCUT2D eigenvalue weighted by atomic mass is 19.1. The second-order valence-electron chi connectivity index (χ2n) is 3.51. The molecule has 1 heterocycles. The molecule has 1 aliphatic heterocycles. The average Bonchev–Trinajstić information content (AvgIpc) is 2.68. The van der Waals surface area contributed by atoms with Crippen molar-refractivity contribution < 1.29 is 18.7 Å². The predicted octanol–water partition coefficient (Wildman–Crippen LogP) is 1.60. The van der Waals surface area contributed by atoms with E-state index in [4.69, 9.17) is 4.74 Å². The van der Waals surface area contributed by atoms with Crippen LogP contribution in [0.4, 0.5) is 9.18 Å². The Kier molecular flexibility index (Phi) is 2.85. The van der Waals surface area contributed by atoms with Gasteiger partial charge in [-0.15, -0.1) is 0 Å². The first-order valence-corrected chi connectivity index (χ1v) is 4.90. The van der Waals surface area contributed by atoms with E-state index in [-0.39, 0.29) is 18.1 Å². The van der Waals surface area contributed by atoms with Gasteiger partial charge in [0.1, 0.15) is 0 Å². The lowest BCUT2D eigenvalue weighted by Gasteiger charge is -2.14. The number of hydrogen-bond donors (Lipinski definition) is 0. The number of Topliss-reactive ketones (excluding diaryl/α,β-unsaturated/α-hetero) is 1. The van der Waals surface area contributed by atoms with Crippen LogP contribution in [0, 0.1) is 5.82 Å². The minimum absolute atomic E-state index is 0.00881. The molecule has 4 nitrogen and oxygen atoms in total.